The van der Waals surface area contributed by atoms with Gasteiger partial charge in [-0.3, -0.25) is 0 Å². The average molecular weight is 752 g/mol. The molecule has 0 atom stereocenters. The van der Waals surface area contributed by atoms with Gasteiger partial charge in [-0.15, -0.1) is 0 Å². The summed E-state index contributed by atoms with van der Waals surface area (Å²) in [6.45, 7) is 0. The molecule has 3 aromatic heterocycles. The van der Waals surface area contributed by atoms with E-state index in [2.05, 4.69) is 238 Å². The Balaban J connectivity index is 1.18. The molecule has 0 aliphatic carbocycles. The normalized spacial score (nSPS) is 11.7. The smallest absolute Gasteiger partial charge is 0.0635 e. The van der Waals surface area contributed by atoms with Crippen LogP contribution in [0.5, 0.6) is 0 Å². The second-order valence-corrected chi connectivity index (χ2v) is 15.4. The Hall–Kier alpha value is -7.88. The highest BCUT2D eigenvalue weighted by atomic mass is 15.0. The van der Waals surface area contributed by atoms with Crippen LogP contribution in [0.2, 0.25) is 0 Å². The molecule has 0 saturated carbocycles. The lowest BCUT2D eigenvalue weighted by Gasteiger charge is -2.16. The third-order valence-electron chi connectivity index (χ3n) is 12.0. The van der Waals surface area contributed by atoms with E-state index in [0.29, 0.717) is 0 Å². The fourth-order valence-corrected chi connectivity index (χ4v) is 9.40. The molecule has 59 heavy (non-hydrogen) atoms. The number of hydrogen-bond acceptors (Lipinski definition) is 0. The first-order valence-corrected chi connectivity index (χ1v) is 20.3. The molecule has 0 spiro atoms. The maximum Gasteiger partial charge on any atom is 0.0635 e. The summed E-state index contributed by atoms with van der Waals surface area (Å²) in [4.78, 5) is 0. The van der Waals surface area contributed by atoms with Crippen molar-refractivity contribution in [3.63, 3.8) is 0 Å². The third kappa shape index (κ3) is 5.29. The second-order valence-electron chi connectivity index (χ2n) is 15.4. The Morgan fingerprint density at radius 3 is 1.39 bits per heavy atom. The highest BCUT2D eigenvalue weighted by Crippen LogP contribution is 2.43. The van der Waals surface area contributed by atoms with Crippen LogP contribution in [0.25, 0.3) is 105 Å². The van der Waals surface area contributed by atoms with Crippen molar-refractivity contribution in [2.75, 3.05) is 0 Å². The molecule has 0 aliphatic rings. The lowest BCUT2D eigenvalue weighted by molar-refractivity contribution is 1.13. The molecule has 3 nitrogen and oxygen atoms in total. The van der Waals surface area contributed by atoms with Crippen LogP contribution in [0.4, 0.5) is 0 Å². The quantitative estimate of drug-likeness (QED) is 0.161. The predicted octanol–water partition coefficient (Wildman–Crippen LogP) is 14.8. The minimum absolute atomic E-state index is 1.11. The first-order valence-electron chi connectivity index (χ1n) is 20.3. The van der Waals surface area contributed by atoms with Crippen molar-refractivity contribution in [1.29, 1.82) is 0 Å². The van der Waals surface area contributed by atoms with Crippen molar-refractivity contribution in [3.8, 4) is 50.6 Å². The van der Waals surface area contributed by atoms with Crippen LogP contribution in [0.3, 0.4) is 0 Å². The van der Waals surface area contributed by atoms with Crippen LogP contribution in [0.1, 0.15) is 0 Å². The topological polar surface area (TPSA) is 14.8 Å². The summed E-state index contributed by atoms with van der Waals surface area (Å²) in [5.74, 6) is 0. The zero-order valence-electron chi connectivity index (χ0n) is 32.2. The number of hydrogen-bond donors (Lipinski definition) is 0. The van der Waals surface area contributed by atoms with Gasteiger partial charge in [-0.1, -0.05) is 158 Å². The van der Waals surface area contributed by atoms with Crippen molar-refractivity contribution in [2.24, 2.45) is 0 Å². The minimum Gasteiger partial charge on any atom is -0.309 e. The van der Waals surface area contributed by atoms with Gasteiger partial charge in [0.25, 0.3) is 0 Å². The molecule has 9 aromatic carbocycles. The van der Waals surface area contributed by atoms with Crippen LogP contribution in [0, 0.1) is 0 Å². The third-order valence-corrected chi connectivity index (χ3v) is 12.0. The Morgan fingerprint density at radius 2 is 0.712 bits per heavy atom. The van der Waals surface area contributed by atoms with Gasteiger partial charge in [0.05, 0.1) is 33.3 Å². The predicted molar refractivity (Wildman–Crippen MR) is 248 cm³/mol. The highest BCUT2D eigenvalue weighted by Gasteiger charge is 2.22. The maximum absolute atomic E-state index is 2.51. The standard InChI is InChI=1S/C56H37N3/c1-5-17-38(18-6-1)41-29-31-53-49(35-41)47-26-14-15-27-51(47)58(53)44-33-42(39-19-7-2-8-20-39)34-45(36-44)59-52-28-16-13-25-46(52)48-30-32-54-50(56(48)59)37-55(40-21-9-3-10-22-40)57(54)43-23-11-4-12-24-43/h1-37H. The van der Waals surface area contributed by atoms with Crippen LogP contribution >= 0.6 is 0 Å². The summed E-state index contributed by atoms with van der Waals surface area (Å²) in [6.07, 6.45) is 0. The van der Waals surface area contributed by atoms with Gasteiger partial charge in [-0.25, -0.2) is 0 Å². The summed E-state index contributed by atoms with van der Waals surface area (Å²) < 4.78 is 7.38. The molecule has 0 N–H and O–H groups in total. The molecule has 276 valence electrons. The minimum atomic E-state index is 1.11. The number of aromatic nitrogens is 3. The summed E-state index contributed by atoms with van der Waals surface area (Å²) in [5, 5.41) is 6.15. The van der Waals surface area contributed by atoms with Crippen LogP contribution in [-0.2, 0) is 0 Å². The van der Waals surface area contributed by atoms with Crippen LogP contribution in [-0.4, -0.2) is 13.7 Å². The zero-order chi connectivity index (χ0) is 38.9. The SMILES string of the molecule is c1ccc(-c2cc(-n3c4ccccc4c4cc(-c5ccccc5)ccc43)cc(-n3c4ccccc4c4ccc5c(cc(-c6ccccc6)n5-c5ccccc5)c43)c2)cc1. The molecule has 12 aromatic rings. The van der Waals surface area contributed by atoms with Crippen molar-refractivity contribution >= 4 is 54.5 Å². The fourth-order valence-electron chi connectivity index (χ4n) is 9.40. The Labute approximate surface area is 341 Å². The first kappa shape index (κ1) is 33.3. The summed E-state index contributed by atoms with van der Waals surface area (Å²) in [5.41, 5.74) is 16.4. The van der Waals surface area contributed by atoms with E-state index in [0.717, 1.165) is 28.3 Å². The van der Waals surface area contributed by atoms with Crippen LogP contribution < -0.4 is 0 Å². The fraction of sp³-hybridized carbons (Fsp3) is 0. The molecule has 0 aliphatic heterocycles. The number of nitrogens with zero attached hydrogens (tertiary/aromatic N) is 3. The average Bonchev–Trinajstić information content (AvgIpc) is 3.98. The molecular formula is C56H37N3. The van der Waals surface area contributed by atoms with Gasteiger partial charge in [-0.2, -0.15) is 0 Å². The number of para-hydroxylation sites is 3. The molecule has 0 fully saturated rings. The maximum atomic E-state index is 2.51. The van der Waals surface area contributed by atoms with Crippen molar-refractivity contribution in [3.05, 3.63) is 224 Å². The van der Waals surface area contributed by atoms with E-state index in [1.54, 1.807) is 0 Å². The lowest BCUT2D eigenvalue weighted by Crippen LogP contribution is -2.00. The second kappa shape index (κ2) is 13.4. The molecule has 0 amide bonds. The van der Waals surface area contributed by atoms with E-state index in [4.69, 9.17) is 0 Å². The summed E-state index contributed by atoms with van der Waals surface area (Å²) in [6, 6.07) is 81.8. The van der Waals surface area contributed by atoms with E-state index in [-0.39, 0.29) is 0 Å². The van der Waals surface area contributed by atoms with E-state index in [9.17, 15) is 0 Å². The van der Waals surface area contributed by atoms with Crippen molar-refractivity contribution in [1.82, 2.24) is 13.7 Å². The van der Waals surface area contributed by atoms with Gasteiger partial charge in [0, 0.05) is 44.0 Å². The first-order chi connectivity index (χ1) is 29.3. The van der Waals surface area contributed by atoms with E-state index >= 15 is 0 Å². The molecule has 0 saturated heterocycles. The van der Waals surface area contributed by atoms with Crippen molar-refractivity contribution in [2.45, 2.75) is 0 Å². The van der Waals surface area contributed by atoms with Gasteiger partial charge in [0.2, 0.25) is 0 Å². The Bertz CT molecular complexity index is 3520. The van der Waals surface area contributed by atoms with Gasteiger partial charge < -0.3 is 13.7 Å². The summed E-state index contributed by atoms with van der Waals surface area (Å²) in [7, 11) is 0. The molecule has 0 unspecified atom stereocenters. The van der Waals surface area contributed by atoms with Crippen molar-refractivity contribution < 1.29 is 0 Å². The van der Waals surface area contributed by atoms with Crippen LogP contribution in [0.15, 0.2) is 224 Å². The van der Waals surface area contributed by atoms with Gasteiger partial charge in [0.1, 0.15) is 0 Å². The van der Waals surface area contributed by atoms with E-state index in [1.807, 2.05) is 0 Å². The van der Waals surface area contributed by atoms with E-state index in [1.165, 1.54) is 76.8 Å². The largest absolute Gasteiger partial charge is 0.309 e. The van der Waals surface area contributed by atoms with Gasteiger partial charge >= 0.3 is 0 Å². The molecule has 12 rings (SSSR count). The van der Waals surface area contributed by atoms with Gasteiger partial charge in [-0.05, 0) is 94.5 Å². The number of benzene rings is 9. The molecular weight excluding hydrogens is 715 g/mol. The monoisotopic (exact) mass is 751 g/mol. The molecule has 3 heteroatoms. The number of fused-ring (bicyclic) bond motifs is 8. The summed E-state index contributed by atoms with van der Waals surface area (Å²) >= 11 is 0. The Morgan fingerprint density at radius 1 is 0.220 bits per heavy atom. The lowest BCUT2D eigenvalue weighted by atomic mass is 10.0. The van der Waals surface area contributed by atoms with Gasteiger partial charge in [0.15, 0.2) is 0 Å². The van der Waals surface area contributed by atoms with E-state index < -0.39 is 0 Å². The highest BCUT2D eigenvalue weighted by molar-refractivity contribution is 6.19. The Kier molecular flexibility index (Phi) is 7.54. The molecule has 0 bridgehead atoms. The molecule has 3 heterocycles. The zero-order valence-corrected chi connectivity index (χ0v) is 32.2. The number of rotatable bonds is 6. The molecule has 0 radical (unpaired) electrons.